The quantitative estimate of drug-likeness (QED) is 0.0293. The first-order valence-electron chi connectivity index (χ1n) is 31.5. The summed E-state index contributed by atoms with van der Waals surface area (Å²) in [6.07, 6.45) is 0.707. The van der Waals surface area contributed by atoms with Crippen LogP contribution in [0.1, 0.15) is 132 Å². The number of nitrogens with two attached hydrogens (primary N) is 1. The molecule has 2 aromatic carbocycles. The number of hydrogen-bond donors (Lipinski definition) is 6. The van der Waals surface area contributed by atoms with Crippen molar-refractivity contribution in [2.75, 3.05) is 98.0 Å². The Morgan fingerprint density at radius 1 is 0.642 bits per heavy atom. The number of benzene rings is 2. The van der Waals surface area contributed by atoms with Crippen LogP contribution in [0.25, 0.3) is 0 Å². The van der Waals surface area contributed by atoms with Crippen LogP contribution in [0.5, 0.6) is 0 Å². The predicted octanol–water partition coefficient (Wildman–Crippen LogP) is 6.80. The normalized spacial score (nSPS) is 16.4. The molecule has 8 rings (SSSR count). The number of piperidine rings is 2. The lowest BCUT2D eigenvalue weighted by Gasteiger charge is -2.41. The molecule has 0 spiro atoms. The van der Waals surface area contributed by atoms with Gasteiger partial charge in [-0.05, 0) is 144 Å². The maximum absolute atomic E-state index is 13.8. The predicted molar refractivity (Wildman–Crippen MR) is 337 cm³/mol. The fourth-order valence-electron chi connectivity index (χ4n) is 10.6. The van der Waals surface area contributed by atoms with Crippen LogP contribution in [-0.4, -0.2) is 165 Å². The average molecular weight is 1380 g/mol. The lowest BCUT2D eigenvalue weighted by molar-refractivity contribution is -0.145. The molecular weight excluding hydrogens is 1300 g/mol. The molecule has 6 heterocycles. The summed E-state index contributed by atoms with van der Waals surface area (Å²) < 4.78 is 151. The van der Waals surface area contributed by atoms with Crippen molar-refractivity contribution in [1.29, 1.82) is 10.5 Å². The maximum Gasteiger partial charge on any atom is 0.451 e. The summed E-state index contributed by atoms with van der Waals surface area (Å²) in [5.41, 5.74) is 8.00. The summed E-state index contributed by atoms with van der Waals surface area (Å²) in [6, 6.07) is 20.1. The molecule has 0 bridgehead atoms. The van der Waals surface area contributed by atoms with Gasteiger partial charge in [-0.2, -0.15) is 45.3 Å². The summed E-state index contributed by atoms with van der Waals surface area (Å²) in [7, 11) is -7.88. The number of amides is 3. The van der Waals surface area contributed by atoms with Crippen molar-refractivity contribution < 1.29 is 82.0 Å². The fraction of sp³-hybridized carbons (Fsp3) is 0.574. The van der Waals surface area contributed by atoms with Gasteiger partial charge in [0.2, 0.25) is 29.4 Å². The Morgan fingerprint density at radius 3 is 1.33 bits per heavy atom. The number of nitrogens with one attached hydrogen (secondary N) is 3. The van der Waals surface area contributed by atoms with Gasteiger partial charge in [0.05, 0.1) is 37.5 Å². The standard InChI is InChI=1S/C30H38F3N7O2.C27H31F3N6O3.C3H9NO3S.CH3F.O3S/c1-2-14-35-27(41)5-3-4-21-11-16-39(17-12-21)25-19-26(38-29(37-25)30(31,32)33)40-18-13-24(40)28(42)36-15-10-22-6-8-23(20-34)9-7-22;28-27(29,30)26-33-22(35-13-9-18(10-14-35)2-1-3-24(37)38)16-23(34-26)36-15-11-21(36)25(39)32-12-8-19-4-6-20(17-31)7-5-19;4-2-1-3-8(5,6)7;1-2;1-4(2)3/h6-9,19,21,24H,2-5,10-18H2,1H3,(H,35,41)(H,36,42);4-7,16,18,21H,1-3,8-15H2,(H,32,39)(H,37,38);1-4H2,(H,5,6,7);1H3;/t24-;21-;;;/m00.../s1/i;;;1D;. The van der Waals surface area contributed by atoms with Crippen LogP contribution in [0.15, 0.2) is 60.7 Å². The summed E-state index contributed by atoms with van der Waals surface area (Å²) in [6.45, 7) is 6.72. The third kappa shape index (κ3) is 27.9. The minimum absolute atomic E-state index is 0.0618. The van der Waals surface area contributed by atoms with E-state index >= 15 is 0 Å². The highest BCUT2D eigenvalue weighted by atomic mass is 32.2. The second-order valence-electron chi connectivity index (χ2n) is 22.5. The highest BCUT2D eigenvalue weighted by Crippen LogP contribution is 2.37. The van der Waals surface area contributed by atoms with Crippen LogP contribution in [0.4, 0.5) is 54.0 Å². The van der Waals surface area contributed by atoms with E-state index in [9.17, 15) is 58.3 Å². The van der Waals surface area contributed by atoms with Crippen molar-refractivity contribution in [3.8, 4) is 12.1 Å². The number of alkyl halides is 7. The number of hydrogen-bond acceptors (Lipinski definition) is 20. The molecule has 4 fully saturated rings. The first kappa shape index (κ1) is 77.4. The second-order valence-corrected chi connectivity index (χ2v) is 24.5. The van der Waals surface area contributed by atoms with Gasteiger partial charge in [-0.25, -0.2) is 19.9 Å². The smallest absolute Gasteiger partial charge is 0.451 e. The van der Waals surface area contributed by atoms with Crippen molar-refractivity contribution in [3.05, 3.63) is 94.6 Å². The van der Waals surface area contributed by atoms with Crippen molar-refractivity contribution >= 4 is 67.7 Å². The van der Waals surface area contributed by atoms with Crippen LogP contribution in [0.3, 0.4) is 0 Å². The SMILES string of the molecule is CCCNC(=O)CCCC1CCN(c2cc(N3CC[C@H]3C(=O)NCCc3ccc(C#N)cc3)nc(C(F)(F)F)n2)CC1.N#Cc1ccc(CCNC(=O)[C@@H]2CCN2c2cc(N3CCC(CCCC(=O)O)CC3)nc(C(F)(F)F)n2)cc1.NCCCS(=O)(=O)O.O=S(=O)=O.[2H]CF. The second kappa shape index (κ2) is 39.5. The number of carboxylic acids is 1. The zero-order chi connectivity index (χ0) is 71.0. The molecule has 95 heavy (non-hydrogen) atoms. The van der Waals surface area contributed by atoms with Gasteiger partial charge < -0.3 is 46.4 Å². The summed E-state index contributed by atoms with van der Waals surface area (Å²) >= 11 is 0. The molecule has 522 valence electrons. The molecule has 0 saturated carbocycles. The molecule has 4 saturated heterocycles. The molecule has 2 atom stereocenters. The van der Waals surface area contributed by atoms with E-state index < -0.39 is 69.9 Å². The Kier molecular flexibility index (Phi) is 32.2. The Morgan fingerprint density at radius 2 is 1.02 bits per heavy atom. The molecule has 0 radical (unpaired) electrons. The van der Waals surface area contributed by atoms with Crippen LogP contribution in [-0.2, 0) is 65.1 Å². The van der Waals surface area contributed by atoms with E-state index in [2.05, 4.69) is 48.0 Å². The van der Waals surface area contributed by atoms with Gasteiger partial charge in [0.1, 0.15) is 35.4 Å². The van der Waals surface area contributed by atoms with E-state index in [1.54, 1.807) is 45.0 Å². The van der Waals surface area contributed by atoms with Crippen molar-refractivity contribution in [2.24, 2.45) is 17.6 Å². The van der Waals surface area contributed by atoms with Gasteiger partial charge in [-0.1, -0.05) is 31.2 Å². The van der Waals surface area contributed by atoms with E-state index in [0.29, 0.717) is 133 Å². The number of carbonyl (C=O) groups excluding carboxylic acids is 3. The maximum atomic E-state index is 13.8. The Labute approximate surface area is 550 Å². The van der Waals surface area contributed by atoms with Crippen LogP contribution in [0.2, 0.25) is 0 Å². The van der Waals surface area contributed by atoms with Gasteiger partial charge in [-0.3, -0.25) is 28.1 Å². The van der Waals surface area contributed by atoms with Gasteiger partial charge in [-0.15, -0.1) is 12.6 Å². The summed E-state index contributed by atoms with van der Waals surface area (Å²) in [5, 5.41) is 35.3. The minimum atomic E-state index is -4.73. The third-order valence-electron chi connectivity index (χ3n) is 15.8. The Hall–Kier alpha value is -8.34. The zero-order valence-electron chi connectivity index (χ0n) is 53.5. The van der Waals surface area contributed by atoms with Crippen LogP contribution in [0, 0.1) is 34.5 Å². The monoisotopic (exact) mass is 1380 g/mol. The number of aromatic nitrogens is 4. The lowest BCUT2D eigenvalue weighted by atomic mass is 9.91. The largest absolute Gasteiger partial charge is 0.481 e. The van der Waals surface area contributed by atoms with Crippen LogP contribution < -0.4 is 41.3 Å². The highest BCUT2D eigenvalue weighted by Gasteiger charge is 2.42. The number of halogens is 7. The van der Waals surface area contributed by atoms with Gasteiger partial charge in [0.25, 0.3) is 10.1 Å². The van der Waals surface area contributed by atoms with Crippen molar-refractivity contribution in [2.45, 2.75) is 134 Å². The molecule has 7 N–H and O–H groups in total. The minimum Gasteiger partial charge on any atom is -0.481 e. The van der Waals surface area contributed by atoms with E-state index in [4.69, 9.17) is 39.9 Å². The molecule has 0 unspecified atom stereocenters. The summed E-state index contributed by atoms with van der Waals surface area (Å²) in [4.78, 5) is 70.4. The topological polar surface area (TPSA) is 368 Å². The first-order chi connectivity index (χ1) is 45.5. The van der Waals surface area contributed by atoms with E-state index in [1.807, 2.05) is 36.1 Å². The van der Waals surface area contributed by atoms with Crippen LogP contribution >= 0.6 is 0 Å². The lowest BCUT2D eigenvalue weighted by Crippen LogP contribution is -2.57. The first-order valence-corrected chi connectivity index (χ1v) is 33.4. The van der Waals surface area contributed by atoms with E-state index in [-0.39, 0.29) is 53.2 Å². The average Bonchev–Trinajstić information content (AvgIpc) is 0.786. The third-order valence-corrected chi connectivity index (χ3v) is 16.6. The number of nitriles is 2. The number of aliphatic carboxylic acids is 1. The molecule has 34 heteroatoms. The molecule has 25 nitrogen and oxygen atoms in total. The number of carbonyl (C=O) groups is 4. The molecule has 4 aromatic rings. The Bertz CT molecular complexity index is 3450. The molecule has 3 amide bonds. The number of rotatable bonds is 25. The molecule has 4 aliphatic heterocycles. The number of nitrogens with zero attached hydrogens (tertiary/aromatic N) is 10. The molecule has 4 aliphatic rings. The van der Waals surface area contributed by atoms with Gasteiger partial charge in [0.15, 0.2) is 0 Å². The van der Waals surface area contributed by atoms with Crippen molar-refractivity contribution in [3.63, 3.8) is 0 Å². The fourth-order valence-corrected chi connectivity index (χ4v) is 11.1. The van der Waals surface area contributed by atoms with E-state index in [1.165, 1.54) is 6.07 Å². The number of anilines is 4. The molecular formula is C61H81F7N14O11S2. The molecule has 2 aromatic heterocycles. The van der Waals surface area contributed by atoms with Gasteiger partial charge >= 0.3 is 28.9 Å². The van der Waals surface area contributed by atoms with E-state index in [0.717, 1.165) is 62.5 Å². The number of carboxylic acid groups (broad SMARTS) is 1. The zero-order valence-corrected chi connectivity index (χ0v) is 54.1. The Balaban J connectivity index is 0.000000337. The molecule has 0 aliphatic carbocycles. The summed E-state index contributed by atoms with van der Waals surface area (Å²) in [5.74, 6) is -2.64. The van der Waals surface area contributed by atoms with Crippen molar-refractivity contribution in [1.82, 2.24) is 35.9 Å². The highest BCUT2D eigenvalue weighted by molar-refractivity contribution is 7.85. The van der Waals surface area contributed by atoms with Gasteiger partial charge in [0, 0.05) is 83.9 Å².